The lowest BCUT2D eigenvalue weighted by Gasteiger charge is -2.03. The van der Waals surface area contributed by atoms with Crippen LogP contribution in [-0.4, -0.2) is 16.8 Å². The van der Waals surface area contributed by atoms with Crippen LogP contribution >= 0.6 is 11.6 Å². The van der Waals surface area contributed by atoms with Gasteiger partial charge in [0.1, 0.15) is 6.26 Å². The molecule has 2 aromatic carbocycles. The van der Waals surface area contributed by atoms with Gasteiger partial charge in [-0.25, -0.2) is 0 Å². The number of carbonyl (C=O) groups is 2. The van der Waals surface area contributed by atoms with E-state index in [1.165, 1.54) is 6.26 Å². The van der Waals surface area contributed by atoms with Crippen LogP contribution in [0.15, 0.2) is 65.3 Å². The van der Waals surface area contributed by atoms with Crippen LogP contribution in [0.4, 0.5) is 6.01 Å². The van der Waals surface area contributed by atoms with Gasteiger partial charge >= 0.3 is 6.01 Å². The molecular weight excluding hydrogens is 342 g/mol. The first-order valence-corrected chi connectivity index (χ1v) is 7.84. The predicted molar refractivity (Wildman–Crippen MR) is 93.5 cm³/mol. The van der Waals surface area contributed by atoms with Crippen molar-refractivity contribution in [2.45, 2.75) is 6.54 Å². The van der Waals surface area contributed by atoms with Crippen molar-refractivity contribution >= 4 is 29.4 Å². The summed E-state index contributed by atoms with van der Waals surface area (Å²) in [6.45, 7) is 0.328. The molecule has 126 valence electrons. The van der Waals surface area contributed by atoms with Gasteiger partial charge in [-0.1, -0.05) is 41.9 Å². The van der Waals surface area contributed by atoms with Gasteiger partial charge in [-0.2, -0.15) is 4.98 Å². The van der Waals surface area contributed by atoms with Crippen molar-refractivity contribution in [1.29, 1.82) is 0 Å². The average molecular weight is 356 g/mol. The summed E-state index contributed by atoms with van der Waals surface area (Å²) in [5.74, 6) is -0.769. The highest BCUT2D eigenvalue weighted by molar-refractivity contribution is 6.30. The Morgan fingerprint density at radius 1 is 1.00 bits per heavy atom. The lowest BCUT2D eigenvalue weighted by molar-refractivity contribution is 0.0944. The number of benzene rings is 2. The lowest BCUT2D eigenvalue weighted by Crippen LogP contribution is -2.23. The van der Waals surface area contributed by atoms with Crippen molar-refractivity contribution in [3.63, 3.8) is 0 Å². The van der Waals surface area contributed by atoms with E-state index in [4.69, 9.17) is 16.0 Å². The first kappa shape index (κ1) is 16.7. The van der Waals surface area contributed by atoms with Crippen LogP contribution in [0.5, 0.6) is 0 Å². The SMILES string of the molecule is O=C(Nc1nc(C(=O)NCc2ccc(Cl)cc2)co1)c1ccccc1. The van der Waals surface area contributed by atoms with Crippen LogP contribution in [-0.2, 0) is 6.54 Å². The second kappa shape index (κ2) is 7.63. The van der Waals surface area contributed by atoms with Gasteiger partial charge in [0.15, 0.2) is 5.69 Å². The number of carbonyl (C=O) groups excluding carboxylic acids is 2. The number of halogens is 1. The number of hydrogen-bond donors (Lipinski definition) is 2. The fraction of sp³-hybridized carbons (Fsp3) is 0.0556. The Morgan fingerprint density at radius 2 is 1.72 bits per heavy atom. The molecule has 0 saturated carbocycles. The topological polar surface area (TPSA) is 84.2 Å². The summed E-state index contributed by atoms with van der Waals surface area (Å²) >= 11 is 5.81. The summed E-state index contributed by atoms with van der Waals surface area (Å²) < 4.78 is 5.12. The summed E-state index contributed by atoms with van der Waals surface area (Å²) in [6, 6.07) is 15.7. The van der Waals surface area contributed by atoms with Crippen LogP contribution in [0.2, 0.25) is 5.02 Å². The lowest BCUT2D eigenvalue weighted by atomic mass is 10.2. The molecule has 0 aliphatic heterocycles. The molecule has 2 amide bonds. The summed E-state index contributed by atoms with van der Waals surface area (Å²) in [5, 5.41) is 5.85. The van der Waals surface area contributed by atoms with E-state index >= 15 is 0 Å². The number of aromatic nitrogens is 1. The Hall–Kier alpha value is -3.12. The minimum Gasteiger partial charge on any atom is -0.431 e. The number of anilines is 1. The number of hydrogen-bond acceptors (Lipinski definition) is 4. The van der Waals surface area contributed by atoms with E-state index in [2.05, 4.69) is 15.6 Å². The normalized spacial score (nSPS) is 10.3. The molecule has 1 heterocycles. The number of nitrogens with zero attached hydrogens (tertiary/aromatic N) is 1. The molecular formula is C18H14ClN3O3. The van der Waals surface area contributed by atoms with Crippen molar-refractivity contribution in [3.8, 4) is 0 Å². The van der Waals surface area contributed by atoms with Crippen molar-refractivity contribution < 1.29 is 14.0 Å². The molecule has 25 heavy (non-hydrogen) atoms. The molecule has 3 aromatic rings. The minimum absolute atomic E-state index is 0.0366. The maximum Gasteiger partial charge on any atom is 0.302 e. The van der Waals surface area contributed by atoms with Gasteiger partial charge in [-0.3, -0.25) is 14.9 Å². The van der Waals surface area contributed by atoms with E-state index < -0.39 is 5.91 Å². The number of rotatable bonds is 5. The fourth-order valence-electron chi connectivity index (χ4n) is 2.07. The first-order valence-electron chi connectivity index (χ1n) is 7.46. The molecule has 0 bridgehead atoms. The molecule has 0 aliphatic rings. The van der Waals surface area contributed by atoms with Crippen molar-refractivity contribution in [2.75, 3.05) is 5.32 Å². The van der Waals surface area contributed by atoms with Gasteiger partial charge in [0, 0.05) is 17.1 Å². The van der Waals surface area contributed by atoms with Gasteiger partial charge in [-0.15, -0.1) is 0 Å². The number of amides is 2. The zero-order valence-corrected chi connectivity index (χ0v) is 13.8. The minimum atomic E-state index is -0.404. The molecule has 0 atom stereocenters. The summed E-state index contributed by atoms with van der Waals surface area (Å²) in [5.41, 5.74) is 1.45. The molecule has 0 aliphatic carbocycles. The fourth-order valence-corrected chi connectivity index (χ4v) is 2.20. The van der Waals surface area contributed by atoms with Crippen molar-refractivity contribution in [1.82, 2.24) is 10.3 Å². The molecule has 0 spiro atoms. The highest BCUT2D eigenvalue weighted by Gasteiger charge is 2.14. The van der Waals surface area contributed by atoms with Gasteiger partial charge in [0.25, 0.3) is 11.8 Å². The molecule has 6 nitrogen and oxygen atoms in total. The third-order valence-corrected chi connectivity index (χ3v) is 3.61. The summed E-state index contributed by atoms with van der Waals surface area (Å²) in [6.07, 6.45) is 1.19. The van der Waals surface area contributed by atoms with E-state index in [0.717, 1.165) is 5.56 Å². The van der Waals surface area contributed by atoms with Crippen LogP contribution in [0, 0.1) is 0 Å². The zero-order valence-electron chi connectivity index (χ0n) is 13.0. The number of oxazole rings is 1. The third kappa shape index (κ3) is 4.45. The molecule has 2 N–H and O–H groups in total. The Balaban J connectivity index is 1.58. The maximum atomic E-state index is 12.1. The average Bonchev–Trinajstić information content (AvgIpc) is 3.10. The van der Waals surface area contributed by atoms with Crippen molar-refractivity contribution in [2.24, 2.45) is 0 Å². The van der Waals surface area contributed by atoms with Crippen LogP contribution in [0.1, 0.15) is 26.4 Å². The van der Waals surface area contributed by atoms with E-state index in [0.29, 0.717) is 17.1 Å². The van der Waals surface area contributed by atoms with Gasteiger partial charge < -0.3 is 9.73 Å². The highest BCUT2D eigenvalue weighted by atomic mass is 35.5. The highest BCUT2D eigenvalue weighted by Crippen LogP contribution is 2.11. The Kier molecular flexibility index (Phi) is 5.11. The predicted octanol–water partition coefficient (Wildman–Crippen LogP) is 3.51. The molecule has 0 unspecified atom stereocenters. The second-order valence-electron chi connectivity index (χ2n) is 5.17. The quantitative estimate of drug-likeness (QED) is 0.733. The molecule has 0 saturated heterocycles. The largest absolute Gasteiger partial charge is 0.431 e. The van der Waals surface area contributed by atoms with Crippen molar-refractivity contribution in [3.05, 3.63) is 82.7 Å². The van der Waals surface area contributed by atoms with Crippen LogP contribution in [0.25, 0.3) is 0 Å². The Morgan fingerprint density at radius 3 is 2.44 bits per heavy atom. The standard InChI is InChI=1S/C18H14ClN3O3/c19-14-8-6-12(7-9-14)10-20-17(24)15-11-25-18(21-15)22-16(23)13-4-2-1-3-5-13/h1-9,11H,10H2,(H,20,24)(H,21,22,23). The smallest absolute Gasteiger partial charge is 0.302 e. The number of nitrogens with one attached hydrogen (secondary N) is 2. The van der Waals surface area contributed by atoms with E-state index in [-0.39, 0.29) is 17.6 Å². The van der Waals surface area contributed by atoms with E-state index in [1.54, 1.807) is 36.4 Å². The molecule has 0 radical (unpaired) electrons. The van der Waals surface area contributed by atoms with Gasteiger partial charge in [0.05, 0.1) is 0 Å². The summed E-state index contributed by atoms with van der Waals surface area (Å²) in [7, 11) is 0. The zero-order chi connectivity index (χ0) is 17.6. The molecule has 7 heteroatoms. The van der Waals surface area contributed by atoms with Crippen LogP contribution < -0.4 is 10.6 Å². The van der Waals surface area contributed by atoms with Gasteiger partial charge in [0.2, 0.25) is 0 Å². The van der Waals surface area contributed by atoms with E-state index in [1.807, 2.05) is 18.2 Å². The third-order valence-electron chi connectivity index (χ3n) is 3.36. The second-order valence-corrected chi connectivity index (χ2v) is 5.60. The molecule has 3 rings (SSSR count). The summed E-state index contributed by atoms with van der Waals surface area (Å²) in [4.78, 5) is 28.1. The Bertz CT molecular complexity index is 876. The first-order chi connectivity index (χ1) is 12.1. The van der Waals surface area contributed by atoms with E-state index in [9.17, 15) is 9.59 Å². The maximum absolute atomic E-state index is 12.1. The van der Waals surface area contributed by atoms with Gasteiger partial charge in [-0.05, 0) is 29.8 Å². The monoisotopic (exact) mass is 355 g/mol. The van der Waals surface area contributed by atoms with Crippen LogP contribution in [0.3, 0.4) is 0 Å². The molecule has 1 aromatic heterocycles. The Labute approximate surface area is 148 Å². The molecule has 0 fully saturated rings.